The highest BCUT2D eigenvalue weighted by molar-refractivity contribution is 5.31. The molecule has 1 atom stereocenters. The number of benzene rings is 1. The molecule has 0 saturated carbocycles. The standard InChI is InChI=1S/C17H28N2O2/c1-13(2)21-15-7-5-6-14(10-15)16(11-18)19-8-9-20-17(3,4)12-19/h5-7,10,13,16H,8-9,11-12,18H2,1-4H3. The van der Waals surface area contributed by atoms with Crippen molar-refractivity contribution in [3.8, 4) is 5.75 Å². The smallest absolute Gasteiger partial charge is 0.120 e. The normalized spacial score (nSPS) is 20.5. The third kappa shape index (κ3) is 4.43. The van der Waals surface area contributed by atoms with E-state index in [1.807, 2.05) is 26.0 Å². The lowest BCUT2D eigenvalue weighted by molar-refractivity contribution is -0.0967. The molecule has 1 aliphatic heterocycles. The second-order valence-corrected chi connectivity index (χ2v) is 6.57. The van der Waals surface area contributed by atoms with Crippen LogP contribution in [0.4, 0.5) is 0 Å². The maximum atomic E-state index is 6.05. The quantitative estimate of drug-likeness (QED) is 0.906. The highest BCUT2D eigenvalue weighted by Crippen LogP contribution is 2.28. The third-order valence-corrected chi connectivity index (χ3v) is 3.73. The Hall–Kier alpha value is -1.10. The molecule has 1 aromatic rings. The molecule has 4 heteroatoms. The van der Waals surface area contributed by atoms with Crippen LogP contribution in [0, 0.1) is 0 Å². The molecule has 1 fully saturated rings. The number of hydrogen-bond acceptors (Lipinski definition) is 4. The Bertz CT molecular complexity index is 460. The summed E-state index contributed by atoms with van der Waals surface area (Å²) in [6.45, 7) is 11.5. The molecule has 21 heavy (non-hydrogen) atoms. The lowest BCUT2D eigenvalue weighted by atomic mass is 10.0. The van der Waals surface area contributed by atoms with E-state index in [0.29, 0.717) is 6.54 Å². The summed E-state index contributed by atoms with van der Waals surface area (Å²) in [7, 11) is 0. The Morgan fingerprint density at radius 1 is 1.38 bits per heavy atom. The molecule has 4 nitrogen and oxygen atoms in total. The van der Waals surface area contributed by atoms with Crippen molar-refractivity contribution in [2.24, 2.45) is 5.73 Å². The van der Waals surface area contributed by atoms with Crippen molar-refractivity contribution in [3.05, 3.63) is 29.8 Å². The van der Waals surface area contributed by atoms with E-state index in [4.69, 9.17) is 15.2 Å². The van der Waals surface area contributed by atoms with Gasteiger partial charge in [-0.3, -0.25) is 4.90 Å². The maximum Gasteiger partial charge on any atom is 0.120 e. The molecule has 0 aliphatic carbocycles. The lowest BCUT2D eigenvalue weighted by Gasteiger charge is -2.42. The van der Waals surface area contributed by atoms with Crippen molar-refractivity contribution in [1.82, 2.24) is 4.90 Å². The summed E-state index contributed by atoms with van der Waals surface area (Å²) in [6.07, 6.45) is 0.180. The van der Waals surface area contributed by atoms with Gasteiger partial charge in [0.2, 0.25) is 0 Å². The van der Waals surface area contributed by atoms with Crippen molar-refractivity contribution in [3.63, 3.8) is 0 Å². The molecule has 2 N–H and O–H groups in total. The van der Waals surface area contributed by atoms with Crippen molar-refractivity contribution in [2.45, 2.75) is 45.4 Å². The zero-order valence-corrected chi connectivity index (χ0v) is 13.6. The van der Waals surface area contributed by atoms with Gasteiger partial charge in [-0.05, 0) is 45.4 Å². The van der Waals surface area contributed by atoms with E-state index in [1.165, 1.54) is 5.56 Å². The minimum Gasteiger partial charge on any atom is -0.491 e. The number of hydrogen-bond donors (Lipinski definition) is 1. The average Bonchev–Trinajstić information content (AvgIpc) is 2.38. The number of nitrogens with zero attached hydrogens (tertiary/aromatic N) is 1. The first-order valence-corrected chi connectivity index (χ1v) is 7.76. The third-order valence-electron chi connectivity index (χ3n) is 3.73. The Morgan fingerprint density at radius 2 is 2.14 bits per heavy atom. The van der Waals surface area contributed by atoms with E-state index < -0.39 is 0 Å². The number of ether oxygens (including phenoxy) is 2. The Labute approximate surface area is 128 Å². The molecule has 2 rings (SSSR count). The molecular formula is C17H28N2O2. The van der Waals surface area contributed by atoms with Gasteiger partial charge in [-0.2, -0.15) is 0 Å². The van der Waals surface area contributed by atoms with Crippen LogP contribution >= 0.6 is 0 Å². The highest BCUT2D eigenvalue weighted by Gasteiger charge is 2.31. The topological polar surface area (TPSA) is 47.7 Å². The van der Waals surface area contributed by atoms with Gasteiger partial charge in [0.15, 0.2) is 0 Å². The van der Waals surface area contributed by atoms with E-state index in [9.17, 15) is 0 Å². The summed E-state index contributed by atoms with van der Waals surface area (Å²) >= 11 is 0. The van der Waals surface area contributed by atoms with Crippen molar-refractivity contribution >= 4 is 0 Å². The predicted molar refractivity (Wildman–Crippen MR) is 85.6 cm³/mol. The van der Waals surface area contributed by atoms with E-state index in [0.717, 1.165) is 25.4 Å². The first-order chi connectivity index (χ1) is 9.91. The van der Waals surface area contributed by atoms with Gasteiger partial charge in [-0.1, -0.05) is 12.1 Å². The van der Waals surface area contributed by atoms with Gasteiger partial charge in [0.25, 0.3) is 0 Å². The summed E-state index contributed by atoms with van der Waals surface area (Å²) in [6, 6.07) is 8.50. The van der Waals surface area contributed by atoms with E-state index in [2.05, 4.69) is 30.9 Å². The van der Waals surface area contributed by atoms with Crippen molar-refractivity contribution in [1.29, 1.82) is 0 Å². The van der Waals surface area contributed by atoms with Crippen LogP contribution in [0.3, 0.4) is 0 Å². The molecule has 0 bridgehead atoms. The van der Waals surface area contributed by atoms with Crippen LogP contribution in [0.25, 0.3) is 0 Å². The molecule has 0 spiro atoms. The zero-order chi connectivity index (χ0) is 15.5. The molecule has 118 valence electrons. The summed E-state index contributed by atoms with van der Waals surface area (Å²) < 4.78 is 11.6. The number of morpholine rings is 1. The molecule has 1 aromatic carbocycles. The van der Waals surface area contributed by atoms with Crippen LogP contribution < -0.4 is 10.5 Å². The largest absolute Gasteiger partial charge is 0.491 e. The van der Waals surface area contributed by atoms with Gasteiger partial charge in [0, 0.05) is 25.7 Å². The van der Waals surface area contributed by atoms with Crippen LogP contribution in [0.5, 0.6) is 5.75 Å². The second-order valence-electron chi connectivity index (χ2n) is 6.57. The molecule has 0 aromatic heterocycles. The van der Waals surface area contributed by atoms with Gasteiger partial charge in [-0.25, -0.2) is 0 Å². The fraction of sp³-hybridized carbons (Fsp3) is 0.647. The van der Waals surface area contributed by atoms with Gasteiger partial charge in [-0.15, -0.1) is 0 Å². The van der Waals surface area contributed by atoms with Crippen LogP contribution in [-0.2, 0) is 4.74 Å². The lowest BCUT2D eigenvalue weighted by Crippen LogP contribution is -2.50. The van der Waals surface area contributed by atoms with Gasteiger partial charge in [0.1, 0.15) is 5.75 Å². The predicted octanol–water partition coefficient (Wildman–Crippen LogP) is 2.58. The Morgan fingerprint density at radius 3 is 2.76 bits per heavy atom. The number of nitrogens with two attached hydrogens (primary N) is 1. The van der Waals surface area contributed by atoms with Gasteiger partial charge in [0.05, 0.1) is 18.3 Å². The molecule has 1 heterocycles. The molecule has 0 amide bonds. The SMILES string of the molecule is CC(C)Oc1cccc(C(CN)N2CCOC(C)(C)C2)c1. The van der Waals surface area contributed by atoms with E-state index >= 15 is 0 Å². The molecule has 1 aliphatic rings. The first-order valence-electron chi connectivity index (χ1n) is 7.76. The molecule has 1 saturated heterocycles. The van der Waals surface area contributed by atoms with Crippen molar-refractivity contribution < 1.29 is 9.47 Å². The van der Waals surface area contributed by atoms with Crippen LogP contribution in [0.2, 0.25) is 0 Å². The minimum absolute atomic E-state index is 0.113. The van der Waals surface area contributed by atoms with Gasteiger partial charge >= 0.3 is 0 Å². The fourth-order valence-corrected chi connectivity index (χ4v) is 2.88. The summed E-state index contributed by atoms with van der Waals surface area (Å²) in [4.78, 5) is 2.41. The fourth-order valence-electron chi connectivity index (χ4n) is 2.88. The highest BCUT2D eigenvalue weighted by atomic mass is 16.5. The Balaban J connectivity index is 2.17. The Kier molecular flexibility index (Phi) is 5.25. The summed E-state index contributed by atoms with van der Waals surface area (Å²) in [5.41, 5.74) is 7.15. The van der Waals surface area contributed by atoms with Crippen LogP contribution in [0.15, 0.2) is 24.3 Å². The summed E-state index contributed by atoms with van der Waals surface area (Å²) in [5, 5.41) is 0. The first kappa shape index (κ1) is 16.3. The molecule has 1 unspecified atom stereocenters. The molecule has 0 radical (unpaired) electrons. The molecular weight excluding hydrogens is 264 g/mol. The minimum atomic E-state index is -0.113. The average molecular weight is 292 g/mol. The van der Waals surface area contributed by atoms with E-state index in [-0.39, 0.29) is 17.7 Å². The van der Waals surface area contributed by atoms with Crippen LogP contribution in [0.1, 0.15) is 39.3 Å². The zero-order valence-electron chi connectivity index (χ0n) is 13.6. The van der Waals surface area contributed by atoms with Crippen LogP contribution in [-0.4, -0.2) is 42.8 Å². The van der Waals surface area contributed by atoms with Gasteiger partial charge < -0.3 is 15.2 Å². The van der Waals surface area contributed by atoms with E-state index in [1.54, 1.807) is 0 Å². The monoisotopic (exact) mass is 292 g/mol. The van der Waals surface area contributed by atoms with Crippen molar-refractivity contribution in [2.75, 3.05) is 26.2 Å². The number of rotatable bonds is 5. The second kappa shape index (κ2) is 6.77. The maximum absolute atomic E-state index is 6.05. The summed E-state index contributed by atoms with van der Waals surface area (Å²) in [5.74, 6) is 0.911.